The highest BCUT2D eigenvalue weighted by Crippen LogP contribution is 2.35. The van der Waals surface area contributed by atoms with Gasteiger partial charge in [0.1, 0.15) is 11.3 Å². The number of aryl methyl sites for hydroxylation is 1. The highest BCUT2D eigenvalue weighted by atomic mass is 16.5. The van der Waals surface area contributed by atoms with Crippen LogP contribution >= 0.6 is 0 Å². The quantitative estimate of drug-likeness (QED) is 0.426. The van der Waals surface area contributed by atoms with Gasteiger partial charge in [-0.15, -0.1) is 0 Å². The number of methoxy groups -OCH3 is 1. The summed E-state index contributed by atoms with van der Waals surface area (Å²) in [6, 6.07) is 11.7. The van der Waals surface area contributed by atoms with Crippen molar-refractivity contribution in [2.45, 2.75) is 6.92 Å². The molecule has 10 heteroatoms. The Morgan fingerprint density at radius 1 is 1.03 bits per heavy atom. The zero-order chi connectivity index (χ0) is 25.2. The van der Waals surface area contributed by atoms with Crippen LogP contribution in [0.5, 0.6) is 5.75 Å². The minimum absolute atomic E-state index is 0.273. The average molecular weight is 487 g/mol. The number of hydrogen-bond donors (Lipinski definition) is 2. The van der Waals surface area contributed by atoms with Crippen molar-refractivity contribution in [2.24, 2.45) is 0 Å². The molecule has 0 unspecified atom stereocenters. The third-order valence-corrected chi connectivity index (χ3v) is 6.50. The summed E-state index contributed by atoms with van der Waals surface area (Å²) in [5.74, 6) is 1.04. The van der Waals surface area contributed by atoms with Crippen molar-refractivity contribution in [2.75, 3.05) is 62.9 Å². The monoisotopic (exact) mass is 486 g/mol. The second kappa shape index (κ2) is 9.82. The highest BCUT2D eigenvalue weighted by Gasteiger charge is 2.19. The van der Waals surface area contributed by atoms with Crippen molar-refractivity contribution in [1.29, 1.82) is 0 Å². The van der Waals surface area contributed by atoms with Crippen LogP contribution in [0.15, 0.2) is 53.6 Å². The standard InChI is InChI=1S/C26H30N8O2/c1-17-12-20(23(36-4)14-22(17)33-10-8-32(3)9-11-33)30-26-29-15-21-25(31-26)34(24(35)16-28-21)19-7-5-6-18(13-19)27-2/h5-7,12-16,27H,8-11H2,1-4H3,(H,29,30,31). The Bertz CT molecular complexity index is 1460. The first-order chi connectivity index (χ1) is 17.5. The molecule has 0 amide bonds. The van der Waals surface area contributed by atoms with Crippen molar-refractivity contribution in [3.63, 3.8) is 0 Å². The number of nitrogens with one attached hydrogen (secondary N) is 2. The SMILES string of the molecule is CNc1cccc(-n2c(=O)cnc3cnc(Nc4cc(C)c(N5CCN(C)CC5)cc4OC)nc32)c1. The Morgan fingerprint density at radius 2 is 1.83 bits per heavy atom. The first kappa shape index (κ1) is 23.6. The zero-order valence-electron chi connectivity index (χ0n) is 20.9. The van der Waals surface area contributed by atoms with Gasteiger partial charge in [0, 0.05) is 50.7 Å². The molecule has 0 radical (unpaired) electrons. The number of anilines is 4. The normalized spacial score (nSPS) is 14.2. The molecule has 4 aromatic rings. The van der Waals surface area contributed by atoms with Crippen molar-refractivity contribution in [1.82, 2.24) is 24.4 Å². The van der Waals surface area contributed by atoms with E-state index in [-0.39, 0.29) is 5.56 Å². The lowest BCUT2D eigenvalue weighted by Crippen LogP contribution is -2.44. The second-order valence-corrected chi connectivity index (χ2v) is 8.89. The number of likely N-dealkylation sites (N-methyl/N-ethyl adjacent to an activating group) is 1. The van der Waals surface area contributed by atoms with Gasteiger partial charge in [-0.2, -0.15) is 4.98 Å². The maximum Gasteiger partial charge on any atom is 0.275 e. The summed E-state index contributed by atoms with van der Waals surface area (Å²) in [7, 11) is 5.64. The van der Waals surface area contributed by atoms with E-state index >= 15 is 0 Å². The van der Waals surface area contributed by atoms with Gasteiger partial charge in [-0.25, -0.2) is 9.97 Å². The van der Waals surface area contributed by atoms with Crippen LogP contribution in [0.4, 0.5) is 23.0 Å². The largest absolute Gasteiger partial charge is 0.494 e. The van der Waals surface area contributed by atoms with Crippen LogP contribution in [0.2, 0.25) is 0 Å². The molecule has 0 atom stereocenters. The maximum atomic E-state index is 12.8. The molecule has 10 nitrogen and oxygen atoms in total. The number of ether oxygens (including phenoxy) is 1. The zero-order valence-corrected chi connectivity index (χ0v) is 20.9. The Morgan fingerprint density at radius 3 is 2.58 bits per heavy atom. The van der Waals surface area contributed by atoms with E-state index in [1.165, 1.54) is 10.8 Å². The number of rotatable bonds is 6. The van der Waals surface area contributed by atoms with E-state index in [1.54, 1.807) is 13.3 Å². The van der Waals surface area contributed by atoms with Crippen molar-refractivity contribution >= 4 is 34.2 Å². The van der Waals surface area contributed by atoms with Crippen LogP contribution in [-0.4, -0.2) is 71.8 Å². The van der Waals surface area contributed by atoms with E-state index in [9.17, 15) is 4.79 Å². The lowest BCUT2D eigenvalue weighted by molar-refractivity contribution is 0.312. The fourth-order valence-electron chi connectivity index (χ4n) is 4.47. The van der Waals surface area contributed by atoms with Gasteiger partial charge >= 0.3 is 0 Å². The van der Waals surface area contributed by atoms with E-state index < -0.39 is 0 Å². The minimum atomic E-state index is -0.273. The molecule has 1 saturated heterocycles. The predicted octanol–water partition coefficient (Wildman–Crippen LogP) is 3.03. The van der Waals surface area contributed by atoms with E-state index in [1.807, 2.05) is 37.4 Å². The molecular formula is C26H30N8O2. The predicted molar refractivity (Wildman–Crippen MR) is 143 cm³/mol. The van der Waals surface area contributed by atoms with Gasteiger partial charge in [0.2, 0.25) is 5.95 Å². The number of benzene rings is 2. The highest BCUT2D eigenvalue weighted by molar-refractivity contribution is 5.76. The summed E-state index contributed by atoms with van der Waals surface area (Å²) < 4.78 is 7.26. The van der Waals surface area contributed by atoms with Crippen LogP contribution in [0.25, 0.3) is 16.9 Å². The fourth-order valence-corrected chi connectivity index (χ4v) is 4.47. The molecule has 36 heavy (non-hydrogen) atoms. The third-order valence-electron chi connectivity index (χ3n) is 6.50. The van der Waals surface area contributed by atoms with E-state index in [0.717, 1.165) is 48.8 Å². The van der Waals surface area contributed by atoms with Gasteiger partial charge in [-0.3, -0.25) is 9.36 Å². The lowest BCUT2D eigenvalue weighted by Gasteiger charge is -2.35. The molecule has 1 aliphatic rings. The van der Waals surface area contributed by atoms with Crippen LogP contribution in [0, 0.1) is 6.92 Å². The molecule has 0 aliphatic carbocycles. The van der Waals surface area contributed by atoms with E-state index in [4.69, 9.17) is 4.74 Å². The van der Waals surface area contributed by atoms with Crippen LogP contribution in [-0.2, 0) is 0 Å². The first-order valence-corrected chi connectivity index (χ1v) is 11.9. The van der Waals surface area contributed by atoms with Gasteiger partial charge in [-0.1, -0.05) is 6.07 Å². The maximum absolute atomic E-state index is 12.8. The molecule has 2 aromatic heterocycles. The number of fused-ring (bicyclic) bond motifs is 1. The summed E-state index contributed by atoms with van der Waals surface area (Å²) in [5.41, 5.74) is 5.28. The lowest BCUT2D eigenvalue weighted by atomic mass is 10.1. The van der Waals surface area contributed by atoms with Crippen molar-refractivity contribution in [3.8, 4) is 11.4 Å². The summed E-state index contributed by atoms with van der Waals surface area (Å²) >= 11 is 0. The Kier molecular flexibility index (Phi) is 6.43. The molecule has 5 rings (SSSR count). The molecule has 1 aliphatic heterocycles. The van der Waals surface area contributed by atoms with E-state index in [2.05, 4.69) is 55.4 Å². The van der Waals surface area contributed by atoms with Crippen LogP contribution in [0.1, 0.15) is 5.56 Å². The van der Waals surface area contributed by atoms with Crippen LogP contribution < -0.4 is 25.8 Å². The summed E-state index contributed by atoms with van der Waals surface area (Å²) in [6.07, 6.45) is 2.90. The number of nitrogens with zero attached hydrogens (tertiary/aromatic N) is 6. The number of aromatic nitrogens is 4. The van der Waals surface area contributed by atoms with Gasteiger partial charge in [-0.05, 0) is 43.8 Å². The van der Waals surface area contributed by atoms with Crippen molar-refractivity contribution < 1.29 is 4.74 Å². The molecule has 2 aromatic carbocycles. The molecular weight excluding hydrogens is 456 g/mol. The van der Waals surface area contributed by atoms with Gasteiger partial charge in [0.25, 0.3) is 5.56 Å². The summed E-state index contributed by atoms with van der Waals surface area (Å²) in [5, 5.41) is 6.39. The van der Waals surface area contributed by atoms with Crippen molar-refractivity contribution in [3.05, 3.63) is 64.7 Å². The molecule has 0 bridgehead atoms. The second-order valence-electron chi connectivity index (χ2n) is 8.89. The van der Waals surface area contributed by atoms with Gasteiger partial charge < -0.3 is 25.2 Å². The summed E-state index contributed by atoms with van der Waals surface area (Å²) in [6.45, 7) is 6.09. The third kappa shape index (κ3) is 4.55. The number of piperazine rings is 1. The molecule has 186 valence electrons. The Balaban J connectivity index is 1.52. The molecule has 1 fully saturated rings. The molecule has 0 saturated carbocycles. The Labute approximate surface area is 209 Å². The van der Waals surface area contributed by atoms with Gasteiger partial charge in [0.15, 0.2) is 5.65 Å². The molecule has 0 spiro atoms. The minimum Gasteiger partial charge on any atom is -0.494 e. The smallest absolute Gasteiger partial charge is 0.275 e. The van der Waals surface area contributed by atoms with Crippen LogP contribution in [0.3, 0.4) is 0 Å². The molecule has 2 N–H and O–H groups in total. The summed E-state index contributed by atoms with van der Waals surface area (Å²) in [4.78, 5) is 30.9. The molecule has 3 heterocycles. The topological polar surface area (TPSA) is 100 Å². The fraction of sp³-hybridized carbons (Fsp3) is 0.308. The first-order valence-electron chi connectivity index (χ1n) is 11.9. The van der Waals surface area contributed by atoms with Gasteiger partial charge in [0.05, 0.1) is 30.9 Å². The average Bonchev–Trinajstić information content (AvgIpc) is 2.89. The number of hydrogen-bond acceptors (Lipinski definition) is 9. The Hall–Kier alpha value is -4.18. The van der Waals surface area contributed by atoms with E-state index in [0.29, 0.717) is 28.5 Å².